The van der Waals surface area contributed by atoms with Crippen LogP contribution < -0.4 is 0 Å². The number of imidazole rings is 1. The molecule has 1 aliphatic heterocycles. The van der Waals surface area contributed by atoms with Gasteiger partial charge in [-0.3, -0.25) is 4.90 Å². The summed E-state index contributed by atoms with van der Waals surface area (Å²) < 4.78 is 2.42. The van der Waals surface area contributed by atoms with Crippen LogP contribution in [-0.4, -0.2) is 27.5 Å². The minimum atomic E-state index is 0.443. The average molecular weight is 376 g/mol. The third kappa shape index (κ3) is 4.47. The van der Waals surface area contributed by atoms with Crippen LogP contribution in [0.25, 0.3) is 11.0 Å². The molecule has 4 rings (SSSR count). The highest BCUT2D eigenvalue weighted by atomic mass is 15.2. The zero-order valence-electron chi connectivity index (χ0n) is 17.3. The number of rotatable bonds is 7. The number of likely N-dealkylation sites (tertiary alicyclic amines) is 1. The van der Waals surface area contributed by atoms with E-state index in [2.05, 4.69) is 77.9 Å². The van der Waals surface area contributed by atoms with Gasteiger partial charge in [0.15, 0.2) is 0 Å². The van der Waals surface area contributed by atoms with Gasteiger partial charge in [0.2, 0.25) is 0 Å². The number of hydrogen-bond acceptors (Lipinski definition) is 2. The van der Waals surface area contributed by atoms with Gasteiger partial charge in [-0.2, -0.15) is 0 Å². The van der Waals surface area contributed by atoms with E-state index in [9.17, 15) is 0 Å². The number of benzene rings is 2. The highest BCUT2D eigenvalue weighted by molar-refractivity contribution is 5.76. The van der Waals surface area contributed by atoms with Gasteiger partial charge < -0.3 is 4.57 Å². The molecule has 0 aliphatic carbocycles. The van der Waals surface area contributed by atoms with E-state index in [-0.39, 0.29) is 0 Å². The number of para-hydroxylation sites is 2. The van der Waals surface area contributed by atoms with Crippen molar-refractivity contribution in [2.45, 2.75) is 58.5 Å². The van der Waals surface area contributed by atoms with Crippen LogP contribution in [-0.2, 0) is 13.0 Å². The van der Waals surface area contributed by atoms with Gasteiger partial charge in [-0.1, -0.05) is 48.9 Å². The van der Waals surface area contributed by atoms with Gasteiger partial charge in [0.1, 0.15) is 5.82 Å². The van der Waals surface area contributed by atoms with Crippen LogP contribution in [0.1, 0.15) is 57.0 Å². The van der Waals surface area contributed by atoms with Crippen molar-refractivity contribution in [2.75, 3.05) is 13.1 Å². The molecule has 0 saturated carbocycles. The Balaban J connectivity index is 1.30. The summed E-state index contributed by atoms with van der Waals surface area (Å²) in [6.07, 6.45) is 6.57. The van der Waals surface area contributed by atoms with Crippen molar-refractivity contribution >= 4 is 11.0 Å². The van der Waals surface area contributed by atoms with E-state index in [1.165, 1.54) is 62.1 Å². The first-order valence-electron chi connectivity index (χ1n) is 10.9. The van der Waals surface area contributed by atoms with Gasteiger partial charge in [-0.15, -0.1) is 0 Å². The monoisotopic (exact) mass is 375 g/mol. The number of aromatic nitrogens is 2. The molecule has 0 N–H and O–H groups in total. The van der Waals surface area contributed by atoms with Crippen LogP contribution in [0.4, 0.5) is 0 Å². The SMILES string of the molecule is CC(C)n1c(CN2CCC(CCCc3ccccc3)CC2)nc2ccccc21. The maximum absolute atomic E-state index is 4.95. The normalized spacial score (nSPS) is 16.2. The molecule has 1 aliphatic rings. The van der Waals surface area contributed by atoms with Gasteiger partial charge >= 0.3 is 0 Å². The fourth-order valence-corrected chi connectivity index (χ4v) is 4.65. The largest absolute Gasteiger partial charge is 0.324 e. The molecule has 1 fully saturated rings. The minimum Gasteiger partial charge on any atom is -0.324 e. The standard InChI is InChI=1S/C25H33N3/c1-20(2)28-24-14-7-6-13-23(24)26-25(28)19-27-17-15-22(16-18-27)12-8-11-21-9-4-3-5-10-21/h3-7,9-10,13-14,20,22H,8,11-12,15-19H2,1-2H3. The molecular formula is C25H33N3. The molecule has 3 heteroatoms. The highest BCUT2D eigenvalue weighted by Crippen LogP contribution is 2.26. The number of hydrogen-bond donors (Lipinski definition) is 0. The summed E-state index contributed by atoms with van der Waals surface area (Å²) in [5.74, 6) is 2.11. The number of nitrogens with zero attached hydrogens (tertiary/aromatic N) is 3. The molecule has 0 atom stereocenters. The van der Waals surface area contributed by atoms with Crippen molar-refractivity contribution in [3.8, 4) is 0 Å². The summed E-state index contributed by atoms with van der Waals surface area (Å²) in [7, 11) is 0. The maximum Gasteiger partial charge on any atom is 0.124 e. The van der Waals surface area contributed by atoms with Crippen LogP contribution in [0.2, 0.25) is 0 Å². The number of piperidine rings is 1. The molecule has 3 aromatic rings. The molecule has 28 heavy (non-hydrogen) atoms. The second-order valence-corrected chi connectivity index (χ2v) is 8.58. The van der Waals surface area contributed by atoms with Crippen molar-refractivity contribution < 1.29 is 0 Å². The second-order valence-electron chi connectivity index (χ2n) is 8.58. The molecule has 3 nitrogen and oxygen atoms in total. The maximum atomic E-state index is 4.95. The Morgan fingerprint density at radius 3 is 2.43 bits per heavy atom. The highest BCUT2D eigenvalue weighted by Gasteiger charge is 2.21. The summed E-state index contributed by atoms with van der Waals surface area (Å²) in [6, 6.07) is 19.9. The van der Waals surface area contributed by atoms with Crippen LogP contribution >= 0.6 is 0 Å². The lowest BCUT2D eigenvalue weighted by atomic mass is 9.91. The first-order valence-corrected chi connectivity index (χ1v) is 10.9. The molecule has 0 amide bonds. The zero-order chi connectivity index (χ0) is 19.3. The van der Waals surface area contributed by atoms with Gasteiger partial charge in [0.25, 0.3) is 0 Å². The van der Waals surface area contributed by atoms with Crippen LogP contribution in [0.5, 0.6) is 0 Å². The van der Waals surface area contributed by atoms with Crippen LogP contribution in [0.3, 0.4) is 0 Å². The predicted octanol–water partition coefficient (Wildman–Crippen LogP) is 5.85. The molecule has 2 heterocycles. The Kier molecular flexibility index (Phi) is 6.11. The molecule has 2 aromatic carbocycles. The van der Waals surface area contributed by atoms with E-state index in [0.717, 1.165) is 18.0 Å². The Hall–Kier alpha value is -2.13. The van der Waals surface area contributed by atoms with Gasteiger partial charge in [0, 0.05) is 6.04 Å². The summed E-state index contributed by atoms with van der Waals surface area (Å²) >= 11 is 0. The van der Waals surface area contributed by atoms with E-state index in [1.54, 1.807) is 0 Å². The van der Waals surface area contributed by atoms with E-state index < -0.39 is 0 Å². The topological polar surface area (TPSA) is 21.1 Å². The first-order chi connectivity index (χ1) is 13.7. The quantitative estimate of drug-likeness (QED) is 0.516. The van der Waals surface area contributed by atoms with Crippen molar-refractivity contribution in [2.24, 2.45) is 5.92 Å². The van der Waals surface area contributed by atoms with Crippen molar-refractivity contribution in [1.29, 1.82) is 0 Å². The third-order valence-corrected chi connectivity index (χ3v) is 6.18. The van der Waals surface area contributed by atoms with E-state index >= 15 is 0 Å². The summed E-state index contributed by atoms with van der Waals surface area (Å²) in [4.78, 5) is 7.56. The molecule has 1 aromatic heterocycles. The smallest absolute Gasteiger partial charge is 0.124 e. The molecule has 148 valence electrons. The Morgan fingerprint density at radius 2 is 1.68 bits per heavy atom. The summed E-state index contributed by atoms with van der Waals surface area (Å²) in [5, 5.41) is 0. The third-order valence-electron chi connectivity index (χ3n) is 6.18. The van der Waals surface area contributed by atoms with E-state index in [0.29, 0.717) is 6.04 Å². The van der Waals surface area contributed by atoms with Crippen LogP contribution in [0.15, 0.2) is 54.6 Å². The molecule has 0 unspecified atom stereocenters. The lowest BCUT2D eigenvalue weighted by Gasteiger charge is -2.32. The summed E-state index contributed by atoms with van der Waals surface area (Å²) in [6.45, 7) is 7.91. The molecular weight excluding hydrogens is 342 g/mol. The lowest BCUT2D eigenvalue weighted by molar-refractivity contribution is 0.165. The zero-order valence-corrected chi connectivity index (χ0v) is 17.3. The molecule has 1 saturated heterocycles. The Bertz CT molecular complexity index is 873. The first kappa shape index (κ1) is 19.2. The van der Waals surface area contributed by atoms with Gasteiger partial charge in [-0.25, -0.2) is 4.98 Å². The van der Waals surface area contributed by atoms with Gasteiger partial charge in [0.05, 0.1) is 17.6 Å². The number of aryl methyl sites for hydroxylation is 1. The second kappa shape index (κ2) is 8.91. The molecule has 0 spiro atoms. The fourth-order valence-electron chi connectivity index (χ4n) is 4.65. The summed E-state index contributed by atoms with van der Waals surface area (Å²) in [5.41, 5.74) is 3.87. The molecule has 0 bridgehead atoms. The predicted molar refractivity (Wildman–Crippen MR) is 117 cm³/mol. The van der Waals surface area contributed by atoms with E-state index in [4.69, 9.17) is 4.98 Å². The van der Waals surface area contributed by atoms with Crippen molar-refractivity contribution in [3.63, 3.8) is 0 Å². The van der Waals surface area contributed by atoms with Crippen molar-refractivity contribution in [1.82, 2.24) is 14.5 Å². The lowest BCUT2D eigenvalue weighted by Crippen LogP contribution is -2.34. The number of fused-ring (bicyclic) bond motifs is 1. The Morgan fingerprint density at radius 1 is 0.964 bits per heavy atom. The fraction of sp³-hybridized carbons (Fsp3) is 0.480. The van der Waals surface area contributed by atoms with Crippen LogP contribution in [0, 0.1) is 5.92 Å². The molecule has 0 radical (unpaired) electrons. The Labute approximate surface area is 169 Å². The van der Waals surface area contributed by atoms with Gasteiger partial charge in [-0.05, 0) is 76.2 Å². The average Bonchev–Trinajstić information content (AvgIpc) is 3.08. The minimum absolute atomic E-state index is 0.443. The van der Waals surface area contributed by atoms with Crippen molar-refractivity contribution in [3.05, 3.63) is 66.0 Å². The van der Waals surface area contributed by atoms with E-state index in [1.807, 2.05) is 0 Å².